The number of aryl methyl sites for hydroxylation is 3. The van der Waals surface area contributed by atoms with Crippen LogP contribution in [0.1, 0.15) is 59.7 Å². The lowest BCUT2D eigenvalue weighted by Crippen LogP contribution is -2.33. The van der Waals surface area contributed by atoms with Gasteiger partial charge in [0.05, 0.1) is 11.8 Å². The van der Waals surface area contributed by atoms with Crippen LogP contribution >= 0.6 is 11.8 Å². The number of hydrogen-bond acceptors (Lipinski definition) is 5. The van der Waals surface area contributed by atoms with Crippen LogP contribution in [0.2, 0.25) is 0 Å². The number of para-hydroxylation sites is 1. The predicted molar refractivity (Wildman–Crippen MR) is 146 cm³/mol. The van der Waals surface area contributed by atoms with Crippen LogP contribution in [0, 0.1) is 19.8 Å². The third-order valence-electron chi connectivity index (χ3n) is 5.94. The van der Waals surface area contributed by atoms with Crippen LogP contribution in [-0.2, 0) is 17.8 Å². The van der Waals surface area contributed by atoms with E-state index in [0.717, 1.165) is 28.8 Å². The molecule has 0 aliphatic carbocycles. The summed E-state index contributed by atoms with van der Waals surface area (Å²) in [4.78, 5) is 25.7. The number of nitrogens with one attached hydrogen (secondary N) is 2. The zero-order chi connectivity index (χ0) is 26.2. The zero-order valence-corrected chi connectivity index (χ0v) is 22.5. The molecule has 0 fully saturated rings. The highest BCUT2D eigenvalue weighted by Gasteiger charge is 2.26. The second-order valence-corrected chi connectivity index (χ2v) is 10.0. The Morgan fingerprint density at radius 1 is 1.11 bits per heavy atom. The number of aromatic nitrogens is 3. The van der Waals surface area contributed by atoms with Crippen molar-refractivity contribution < 1.29 is 9.59 Å². The van der Waals surface area contributed by atoms with E-state index in [4.69, 9.17) is 0 Å². The molecule has 7 nitrogen and oxygen atoms in total. The molecule has 190 valence electrons. The largest absolute Gasteiger partial charge is 0.342 e. The molecule has 1 atom stereocenters. The standard InChI is InChI=1S/C28H35N5O2S/c1-7-16-33-26(24(18(3)4)30-27(35)22-14-12-19(5)13-15-22)31-32-28(33)36-17-23(34)29-25-20(6)10-9-11-21(25)8-2/h7,9-15,18,24H,1,8,16-17H2,2-6H3,(H,29,34)(H,30,35)/t24-/m0/s1. The number of anilines is 1. The van der Waals surface area contributed by atoms with Crippen LogP contribution in [0.3, 0.4) is 0 Å². The molecule has 0 aliphatic heterocycles. The van der Waals surface area contributed by atoms with Crippen molar-refractivity contribution in [2.45, 2.75) is 58.8 Å². The Morgan fingerprint density at radius 3 is 2.47 bits per heavy atom. The van der Waals surface area contributed by atoms with Gasteiger partial charge in [0.15, 0.2) is 11.0 Å². The predicted octanol–water partition coefficient (Wildman–Crippen LogP) is 5.50. The molecule has 0 spiro atoms. The van der Waals surface area contributed by atoms with Crippen LogP contribution < -0.4 is 10.6 Å². The summed E-state index contributed by atoms with van der Waals surface area (Å²) < 4.78 is 1.91. The monoisotopic (exact) mass is 505 g/mol. The van der Waals surface area contributed by atoms with Crippen molar-refractivity contribution in [2.75, 3.05) is 11.1 Å². The molecule has 8 heteroatoms. The summed E-state index contributed by atoms with van der Waals surface area (Å²) in [6, 6.07) is 13.1. The molecule has 0 aliphatic rings. The molecule has 0 saturated heterocycles. The Hall–Kier alpha value is -3.39. The number of carbonyl (C=O) groups is 2. The molecule has 2 N–H and O–H groups in total. The first kappa shape index (κ1) is 27.2. The van der Waals surface area contributed by atoms with E-state index in [2.05, 4.69) is 34.3 Å². The number of thioether (sulfide) groups is 1. The van der Waals surface area contributed by atoms with Crippen LogP contribution in [0.4, 0.5) is 5.69 Å². The van der Waals surface area contributed by atoms with Crippen molar-refractivity contribution in [3.63, 3.8) is 0 Å². The van der Waals surface area contributed by atoms with Crippen LogP contribution in [0.25, 0.3) is 0 Å². The molecular weight excluding hydrogens is 470 g/mol. The second-order valence-electron chi connectivity index (χ2n) is 9.10. The van der Waals surface area contributed by atoms with E-state index < -0.39 is 0 Å². The molecule has 3 rings (SSSR count). The molecule has 36 heavy (non-hydrogen) atoms. The van der Waals surface area contributed by atoms with Crippen molar-refractivity contribution in [1.82, 2.24) is 20.1 Å². The van der Waals surface area contributed by atoms with E-state index in [1.54, 1.807) is 6.08 Å². The molecule has 0 unspecified atom stereocenters. The molecule has 1 aromatic heterocycles. The van der Waals surface area contributed by atoms with Gasteiger partial charge in [-0.2, -0.15) is 0 Å². The number of carbonyl (C=O) groups excluding carboxylic acids is 2. The van der Waals surface area contributed by atoms with E-state index in [9.17, 15) is 9.59 Å². The molecule has 0 bridgehead atoms. The molecule has 1 heterocycles. The number of rotatable bonds is 11. The van der Waals surface area contributed by atoms with E-state index in [1.807, 2.05) is 74.7 Å². The fourth-order valence-corrected chi connectivity index (χ4v) is 4.66. The minimum atomic E-state index is -0.353. The van der Waals surface area contributed by atoms with Gasteiger partial charge in [-0.25, -0.2) is 0 Å². The molecule has 3 aromatic rings. The van der Waals surface area contributed by atoms with Crippen molar-refractivity contribution >= 4 is 29.3 Å². The minimum Gasteiger partial charge on any atom is -0.342 e. The highest BCUT2D eigenvalue weighted by atomic mass is 32.2. The lowest BCUT2D eigenvalue weighted by Gasteiger charge is -2.22. The fourth-order valence-electron chi connectivity index (χ4n) is 3.90. The van der Waals surface area contributed by atoms with E-state index in [1.165, 1.54) is 11.8 Å². The maximum Gasteiger partial charge on any atom is 0.251 e. The Balaban J connectivity index is 1.76. The van der Waals surface area contributed by atoms with Crippen LogP contribution in [0.15, 0.2) is 60.3 Å². The zero-order valence-electron chi connectivity index (χ0n) is 21.7. The van der Waals surface area contributed by atoms with Gasteiger partial charge >= 0.3 is 0 Å². The Labute approximate surface area is 217 Å². The first-order valence-corrected chi connectivity index (χ1v) is 13.2. The molecule has 2 aromatic carbocycles. The van der Waals surface area contributed by atoms with Gasteiger partial charge in [-0.05, 0) is 49.4 Å². The first-order chi connectivity index (χ1) is 17.2. The van der Waals surface area contributed by atoms with Gasteiger partial charge in [0.25, 0.3) is 5.91 Å². The quantitative estimate of drug-likeness (QED) is 0.265. The highest BCUT2D eigenvalue weighted by Crippen LogP contribution is 2.27. The Kier molecular flexibility index (Phi) is 9.47. The van der Waals surface area contributed by atoms with Crippen LogP contribution in [-0.4, -0.2) is 32.3 Å². The number of benzene rings is 2. The lowest BCUT2D eigenvalue weighted by atomic mass is 10.0. The van der Waals surface area contributed by atoms with Crippen molar-refractivity contribution in [1.29, 1.82) is 0 Å². The third kappa shape index (κ3) is 6.63. The summed E-state index contributed by atoms with van der Waals surface area (Å²) in [5.74, 6) is 0.629. The average Bonchev–Trinajstić information content (AvgIpc) is 3.24. The number of allylic oxidation sites excluding steroid dienone is 1. The molecule has 0 saturated carbocycles. The maximum atomic E-state index is 12.9. The van der Waals surface area contributed by atoms with E-state index in [0.29, 0.717) is 23.1 Å². The summed E-state index contributed by atoms with van der Waals surface area (Å²) in [7, 11) is 0. The smallest absolute Gasteiger partial charge is 0.251 e. The summed E-state index contributed by atoms with van der Waals surface area (Å²) in [6.07, 6.45) is 2.60. The van der Waals surface area contributed by atoms with Gasteiger partial charge < -0.3 is 15.2 Å². The first-order valence-electron chi connectivity index (χ1n) is 12.2. The van der Waals surface area contributed by atoms with E-state index in [-0.39, 0.29) is 29.5 Å². The van der Waals surface area contributed by atoms with Gasteiger partial charge in [-0.15, -0.1) is 16.8 Å². The molecule has 0 radical (unpaired) electrons. The normalized spacial score (nSPS) is 11.8. The fraction of sp³-hybridized carbons (Fsp3) is 0.357. The number of nitrogens with zero attached hydrogens (tertiary/aromatic N) is 3. The number of hydrogen-bond donors (Lipinski definition) is 2. The van der Waals surface area contributed by atoms with Gasteiger partial charge in [0.2, 0.25) is 5.91 Å². The number of amides is 2. The maximum absolute atomic E-state index is 12.9. The second kappa shape index (κ2) is 12.5. The lowest BCUT2D eigenvalue weighted by molar-refractivity contribution is -0.113. The van der Waals surface area contributed by atoms with Crippen LogP contribution in [0.5, 0.6) is 0 Å². The van der Waals surface area contributed by atoms with Crippen molar-refractivity contribution in [3.05, 3.63) is 83.2 Å². The Bertz CT molecular complexity index is 1220. The highest BCUT2D eigenvalue weighted by molar-refractivity contribution is 7.99. The van der Waals surface area contributed by atoms with Crippen molar-refractivity contribution in [3.8, 4) is 0 Å². The third-order valence-corrected chi connectivity index (χ3v) is 6.91. The van der Waals surface area contributed by atoms with Gasteiger partial charge in [-0.1, -0.05) is 74.5 Å². The molecule has 2 amide bonds. The van der Waals surface area contributed by atoms with Gasteiger partial charge in [0.1, 0.15) is 0 Å². The summed E-state index contributed by atoms with van der Waals surface area (Å²) in [5, 5.41) is 15.5. The molecular formula is C28H35N5O2S. The minimum absolute atomic E-state index is 0.0711. The van der Waals surface area contributed by atoms with Gasteiger partial charge in [0, 0.05) is 17.8 Å². The van der Waals surface area contributed by atoms with Crippen molar-refractivity contribution in [2.24, 2.45) is 5.92 Å². The van der Waals surface area contributed by atoms with E-state index >= 15 is 0 Å². The SMILES string of the molecule is C=CCn1c(SCC(=O)Nc2c(C)cccc2CC)nnc1[C@@H](NC(=O)c1ccc(C)cc1)C(C)C. The Morgan fingerprint density at radius 2 is 1.83 bits per heavy atom. The summed E-state index contributed by atoms with van der Waals surface area (Å²) in [5.41, 5.74) is 4.70. The summed E-state index contributed by atoms with van der Waals surface area (Å²) >= 11 is 1.32. The summed E-state index contributed by atoms with van der Waals surface area (Å²) in [6.45, 7) is 14.4. The topological polar surface area (TPSA) is 88.9 Å². The average molecular weight is 506 g/mol. The van der Waals surface area contributed by atoms with Gasteiger partial charge in [-0.3, -0.25) is 9.59 Å².